The maximum atomic E-state index is 7.83. The molecule has 1 heterocycles. The van der Waals surface area contributed by atoms with Crippen LogP contribution >= 0.6 is 23.5 Å². The Kier molecular flexibility index (Phi) is 8.50. The lowest BCUT2D eigenvalue weighted by Crippen LogP contribution is -2.35. The van der Waals surface area contributed by atoms with Gasteiger partial charge in [-0.2, -0.15) is 0 Å². The number of fused-ring (bicyclic) bond motifs is 8. The maximum Gasteiger partial charge on any atom is 0.187 e. The molecule has 0 amide bonds. The molecule has 0 spiro atoms. The fraction of sp³-hybridized carbons (Fsp3) is 0.122. The standard InChI is InChI=1S/C49H37NOS2/c1-4-48(5-2)44-32-35(50-3)24-29-42(44)45-40-18-12-13-19-41(40)47-43(46(45)48)30-31-49(51-47,33-20-25-38(26-21-33)52-36-14-8-6-9-15-36)34-22-27-39(28-23-34)53-37-16-10-7-11-17-37/h6-32H,4-5H2,1-2H3. The van der Waals surface area contributed by atoms with E-state index in [0.29, 0.717) is 5.69 Å². The molecule has 53 heavy (non-hydrogen) atoms. The molecule has 0 radical (unpaired) electrons. The first-order valence-electron chi connectivity index (χ1n) is 18.2. The fourth-order valence-corrected chi connectivity index (χ4v) is 10.1. The fourth-order valence-electron chi connectivity index (χ4n) is 8.47. The molecule has 0 N–H and O–H groups in total. The van der Waals surface area contributed by atoms with E-state index < -0.39 is 5.60 Å². The third-order valence-corrected chi connectivity index (χ3v) is 13.1. The van der Waals surface area contributed by atoms with Crippen LogP contribution in [0.3, 0.4) is 0 Å². The molecule has 1 aliphatic carbocycles. The zero-order valence-corrected chi connectivity index (χ0v) is 31.3. The highest BCUT2D eigenvalue weighted by molar-refractivity contribution is 7.99. The van der Waals surface area contributed by atoms with Gasteiger partial charge in [0.1, 0.15) is 5.75 Å². The summed E-state index contributed by atoms with van der Waals surface area (Å²) in [6.07, 6.45) is 6.48. The van der Waals surface area contributed by atoms with Crippen LogP contribution in [0.4, 0.5) is 5.69 Å². The van der Waals surface area contributed by atoms with Gasteiger partial charge < -0.3 is 4.74 Å². The first-order valence-corrected chi connectivity index (χ1v) is 19.9. The largest absolute Gasteiger partial charge is 0.472 e. The Hall–Kier alpha value is -5.47. The average molecular weight is 720 g/mol. The normalized spacial score (nSPS) is 14.5. The van der Waals surface area contributed by atoms with Crippen LogP contribution in [-0.2, 0) is 11.0 Å². The van der Waals surface area contributed by atoms with Crippen LogP contribution < -0.4 is 4.74 Å². The summed E-state index contributed by atoms with van der Waals surface area (Å²) in [5.41, 5.74) is 7.98. The van der Waals surface area contributed by atoms with Gasteiger partial charge in [-0.25, -0.2) is 4.85 Å². The average Bonchev–Trinajstić information content (AvgIpc) is 3.52. The Morgan fingerprint density at radius 1 is 0.604 bits per heavy atom. The predicted octanol–water partition coefficient (Wildman–Crippen LogP) is 14.1. The van der Waals surface area contributed by atoms with Gasteiger partial charge in [-0.05, 0) is 95.1 Å². The third-order valence-electron chi connectivity index (χ3n) is 11.1. The van der Waals surface area contributed by atoms with E-state index in [9.17, 15) is 0 Å². The maximum absolute atomic E-state index is 7.83. The van der Waals surface area contributed by atoms with Crippen LogP contribution in [0.1, 0.15) is 54.5 Å². The van der Waals surface area contributed by atoms with E-state index in [1.165, 1.54) is 47.2 Å². The topological polar surface area (TPSA) is 13.6 Å². The molecule has 0 saturated heterocycles. The van der Waals surface area contributed by atoms with E-state index >= 15 is 0 Å². The molecule has 0 atom stereocenters. The Morgan fingerprint density at radius 3 is 1.68 bits per heavy atom. The van der Waals surface area contributed by atoms with Gasteiger partial charge >= 0.3 is 0 Å². The van der Waals surface area contributed by atoms with Gasteiger partial charge in [0.25, 0.3) is 0 Å². The summed E-state index contributed by atoms with van der Waals surface area (Å²) in [6, 6.07) is 53.8. The molecule has 0 unspecified atom stereocenters. The minimum atomic E-state index is -0.861. The van der Waals surface area contributed by atoms with Gasteiger partial charge in [-0.1, -0.05) is 147 Å². The summed E-state index contributed by atoms with van der Waals surface area (Å²) in [5, 5.41) is 2.29. The first-order chi connectivity index (χ1) is 26.1. The predicted molar refractivity (Wildman–Crippen MR) is 221 cm³/mol. The van der Waals surface area contributed by atoms with Gasteiger partial charge in [0.2, 0.25) is 0 Å². The van der Waals surface area contributed by atoms with E-state index in [0.717, 1.165) is 40.7 Å². The molecule has 7 aromatic rings. The number of ether oxygens (including phenoxy) is 1. The lowest BCUT2D eigenvalue weighted by Gasteiger charge is -2.39. The second kappa shape index (κ2) is 13.5. The van der Waals surface area contributed by atoms with Crippen molar-refractivity contribution in [3.05, 3.63) is 197 Å². The van der Waals surface area contributed by atoms with Crippen LogP contribution in [0.15, 0.2) is 177 Å². The quantitative estimate of drug-likeness (QED) is 0.145. The van der Waals surface area contributed by atoms with Crippen molar-refractivity contribution >= 4 is 46.1 Å². The molecule has 7 aromatic carbocycles. The van der Waals surface area contributed by atoms with Crippen molar-refractivity contribution in [2.75, 3.05) is 0 Å². The van der Waals surface area contributed by atoms with E-state index in [4.69, 9.17) is 11.3 Å². The van der Waals surface area contributed by atoms with Gasteiger partial charge in [-0.15, -0.1) is 0 Å². The minimum Gasteiger partial charge on any atom is -0.472 e. The van der Waals surface area contributed by atoms with Crippen molar-refractivity contribution in [3.63, 3.8) is 0 Å². The monoisotopic (exact) mass is 719 g/mol. The van der Waals surface area contributed by atoms with Crippen molar-refractivity contribution in [2.24, 2.45) is 0 Å². The Balaban J connectivity index is 1.23. The van der Waals surface area contributed by atoms with Crippen LogP contribution in [0.25, 0.3) is 32.8 Å². The summed E-state index contributed by atoms with van der Waals surface area (Å²) in [4.78, 5) is 8.63. The Morgan fingerprint density at radius 2 is 1.13 bits per heavy atom. The first kappa shape index (κ1) is 33.4. The molecule has 9 rings (SSSR count). The van der Waals surface area contributed by atoms with Gasteiger partial charge in [-0.3, -0.25) is 0 Å². The Bertz CT molecular complexity index is 2460. The number of nitrogens with zero attached hydrogens (tertiary/aromatic N) is 1. The van der Waals surface area contributed by atoms with E-state index in [2.05, 4.69) is 176 Å². The summed E-state index contributed by atoms with van der Waals surface area (Å²) < 4.78 is 7.62. The molecule has 256 valence electrons. The molecule has 0 saturated carbocycles. The third kappa shape index (κ3) is 5.50. The molecule has 0 aromatic heterocycles. The van der Waals surface area contributed by atoms with Crippen LogP contribution in [0.5, 0.6) is 5.75 Å². The molecule has 4 heteroatoms. The van der Waals surface area contributed by atoms with Crippen molar-refractivity contribution in [3.8, 4) is 16.9 Å². The molecule has 0 bridgehead atoms. The van der Waals surface area contributed by atoms with Crippen molar-refractivity contribution in [1.29, 1.82) is 0 Å². The summed E-state index contributed by atoms with van der Waals surface area (Å²) in [7, 11) is 0. The second-order valence-electron chi connectivity index (χ2n) is 13.7. The van der Waals surface area contributed by atoms with Crippen LogP contribution in [-0.4, -0.2) is 0 Å². The van der Waals surface area contributed by atoms with Crippen molar-refractivity contribution < 1.29 is 4.74 Å². The molecule has 0 fully saturated rings. The highest BCUT2D eigenvalue weighted by Crippen LogP contribution is 2.60. The SMILES string of the molecule is [C-]#[N+]c1ccc2c(c1)C(CC)(CC)c1c3c(c4ccccc4c1-2)OC(c1ccc(Sc2ccccc2)cc1)(c1ccc(Sc2ccccc2)cc1)C=C3. The van der Waals surface area contributed by atoms with Crippen molar-refractivity contribution in [1.82, 2.24) is 0 Å². The lowest BCUT2D eigenvalue weighted by molar-refractivity contribution is 0.163. The molecular weight excluding hydrogens is 683 g/mol. The number of hydrogen-bond acceptors (Lipinski definition) is 3. The molecule has 1 aliphatic heterocycles. The van der Waals surface area contributed by atoms with Crippen molar-refractivity contribution in [2.45, 2.75) is 57.3 Å². The van der Waals surface area contributed by atoms with Gasteiger partial charge in [0, 0.05) is 47.1 Å². The van der Waals surface area contributed by atoms with E-state index in [1.807, 2.05) is 6.07 Å². The van der Waals surface area contributed by atoms with E-state index in [-0.39, 0.29) is 5.41 Å². The molecule has 2 nitrogen and oxygen atoms in total. The van der Waals surface area contributed by atoms with Gasteiger partial charge in [0.05, 0.1) is 6.57 Å². The highest BCUT2D eigenvalue weighted by atomic mass is 32.2. The Labute approximate surface area is 320 Å². The highest BCUT2D eigenvalue weighted by Gasteiger charge is 2.46. The van der Waals surface area contributed by atoms with Crippen LogP contribution in [0.2, 0.25) is 0 Å². The summed E-state index contributed by atoms with van der Waals surface area (Å²) in [6.45, 7) is 12.4. The lowest BCUT2D eigenvalue weighted by atomic mass is 9.71. The second-order valence-corrected chi connectivity index (χ2v) is 16.0. The zero-order chi connectivity index (χ0) is 36.0. The number of benzene rings is 7. The number of hydrogen-bond donors (Lipinski definition) is 0. The summed E-state index contributed by atoms with van der Waals surface area (Å²) >= 11 is 3.53. The smallest absolute Gasteiger partial charge is 0.187 e. The van der Waals surface area contributed by atoms with Crippen LogP contribution in [0, 0.1) is 6.57 Å². The minimum absolute atomic E-state index is 0.236. The van der Waals surface area contributed by atoms with E-state index in [1.54, 1.807) is 23.5 Å². The molecule has 2 aliphatic rings. The zero-order valence-electron chi connectivity index (χ0n) is 29.7. The summed E-state index contributed by atoms with van der Waals surface area (Å²) in [5.74, 6) is 0.914. The molecular formula is C49H37NOS2. The van der Waals surface area contributed by atoms with Gasteiger partial charge in [0.15, 0.2) is 11.3 Å². The number of rotatable bonds is 8.